The molecule has 2 aliphatic heterocycles. The molecule has 0 saturated carbocycles. The van der Waals surface area contributed by atoms with Gasteiger partial charge in [0.1, 0.15) is 0 Å². The molecule has 4 rings (SSSR count). The minimum absolute atomic E-state index is 0.150. The van der Waals surface area contributed by atoms with Crippen LogP contribution in [0.25, 0.3) is 10.8 Å². The summed E-state index contributed by atoms with van der Waals surface area (Å²) in [5.41, 5.74) is 1.96. The average Bonchev–Trinajstić information content (AvgIpc) is 2.77. The summed E-state index contributed by atoms with van der Waals surface area (Å²) in [6.45, 7) is 0. The summed E-state index contributed by atoms with van der Waals surface area (Å²) in [6, 6.07) is 15.3. The first kappa shape index (κ1) is 12.7. The summed E-state index contributed by atoms with van der Waals surface area (Å²) in [7, 11) is 0. The molecule has 1 N–H and O–H groups in total. The highest BCUT2D eigenvalue weighted by Gasteiger charge is 2.40. The molecule has 2 saturated heterocycles. The van der Waals surface area contributed by atoms with Crippen LogP contribution in [0.4, 0.5) is 5.69 Å². The van der Waals surface area contributed by atoms with Crippen LogP contribution in [0, 0.1) is 11.3 Å². The Morgan fingerprint density at radius 1 is 1.00 bits per heavy atom. The van der Waals surface area contributed by atoms with Crippen molar-refractivity contribution in [2.75, 3.05) is 4.90 Å². The number of aliphatic hydroxyl groups is 1. The van der Waals surface area contributed by atoms with Crippen molar-refractivity contribution >= 4 is 16.5 Å². The van der Waals surface area contributed by atoms with Crippen molar-refractivity contribution in [1.82, 2.24) is 0 Å². The summed E-state index contributed by atoms with van der Waals surface area (Å²) in [4.78, 5) is 2.50. The van der Waals surface area contributed by atoms with Gasteiger partial charge >= 0.3 is 0 Å². The van der Waals surface area contributed by atoms with Crippen molar-refractivity contribution in [3.63, 3.8) is 0 Å². The standard InChI is InChI=1S/C18H18N2O/c19-11-12-5-8-18(17-4-2-1-3-16(12)17)20-13-6-7-14(20)10-15(21)9-13/h1-5,8,13-15,21H,6-7,9-10H2/t13-,14+,15?. The Labute approximate surface area is 124 Å². The molecule has 0 amide bonds. The first-order chi connectivity index (χ1) is 10.3. The van der Waals surface area contributed by atoms with Crippen LogP contribution in [0.5, 0.6) is 0 Å². The van der Waals surface area contributed by atoms with Gasteiger partial charge in [-0.15, -0.1) is 0 Å². The van der Waals surface area contributed by atoms with Gasteiger partial charge in [0.25, 0.3) is 0 Å². The molecule has 3 nitrogen and oxygen atoms in total. The molecule has 0 aliphatic carbocycles. The van der Waals surface area contributed by atoms with E-state index in [1.807, 2.05) is 24.3 Å². The topological polar surface area (TPSA) is 47.3 Å². The molecule has 0 radical (unpaired) electrons. The number of fused-ring (bicyclic) bond motifs is 3. The largest absolute Gasteiger partial charge is 0.393 e. The van der Waals surface area contributed by atoms with Gasteiger partial charge in [0.2, 0.25) is 0 Å². The molecular weight excluding hydrogens is 260 g/mol. The van der Waals surface area contributed by atoms with Gasteiger partial charge in [-0.3, -0.25) is 0 Å². The van der Waals surface area contributed by atoms with E-state index in [2.05, 4.69) is 23.1 Å². The minimum Gasteiger partial charge on any atom is -0.393 e. The lowest BCUT2D eigenvalue weighted by molar-refractivity contribution is 0.126. The third-order valence-electron chi connectivity index (χ3n) is 5.01. The molecule has 3 heteroatoms. The number of anilines is 1. The number of nitriles is 1. The van der Waals surface area contributed by atoms with Gasteiger partial charge in [0.05, 0.1) is 17.7 Å². The summed E-state index contributed by atoms with van der Waals surface area (Å²) in [6.07, 6.45) is 3.91. The Bertz CT molecular complexity index is 720. The Morgan fingerprint density at radius 3 is 2.33 bits per heavy atom. The monoisotopic (exact) mass is 278 g/mol. The third-order valence-corrected chi connectivity index (χ3v) is 5.01. The highest BCUT2D eigenvalue weighted by Crippen LogP contribution is 2.42. The van der Waals surface area contributed by atoms with Gasteiger partial charge in [-0.2, -0.15) is 5.26 Å². The minimum atomic E-state index is -0.150. The zero-order valence-corrected chi connectivity index (χ0v) is 11.9. The first-order valence-corrected chi connectivity index (χ1v) is 7.66. The van der Waals surface area contributed by atoms with Gasteiger partial charge in [-0.05, 0) is 37.8 Å². The van der Waals surface area contributed by atoms with Crippen LogP contribution in [0.15, 0.2) is 36.4 Å². The summed E-state index contributed by atoms with van der Waals surface area (Å²) in [5, 5.41) is 21.5. The molecule has 3 atom stereocenters. The Morgan fingerprint density at radius 2 is 1.67 bits per heavy atom. The van der Waals surface area contributed by atoms with E-state index in [4.69, 9.17) is 0 Å². The van der Waals surface area contributed by atoms with Crippen molar-refractivity contribution in [2.24, 2.45) is 0 Å². The van der Waals surface area contributed by atoms with E-state index in [-0.39, 0.29) is 6.10 Å². The van der Waals surface area contributed by atoms with E-state index in [1.165, 1.54) is 5.69 Å². The normalized spacial score (nSPS) is 27.8. The first-order valence-electron chi connectivity index (χ1n) is 7.66. The van der Waals surface area contributed by atoms with E-state index in [1.54, 1.807) is 0 Å². The SMILES string of the molecule is N#Cc1ccc(N2[C@@H]3CC[C@H]2CC(O)C3)c2ccccc12. The molecule has 0 spiro atoms. The number of rotatable bonds is 1. The molecular formula is C18H18N2O. The third kappa shape index (κ3) is 1.91. The molecule has 2 heterocycles. The maximum absolute atomic E-state index is 9.98. The van der Waals surface area contributed by atoms with Crippen LogP contribution in [0.3, 0.4) is 0 Å². The second kappa shape index (κ2) is 4.75. The molecule has 2 aliphatic rings. The van der Waals surface area contributed by atoms with Crippen LogP contribution >= 0.6 is 0 Å². The summed E-state index contributed by atoms with van der Waals surface area (Å²) < 4.78 is 0. The molecule has 0 aromatic heterocycles. The highest BCUT2D eigenvalue weighted by atomic mass is 16.3. The van der Waals surface area contributed by atoms with Crippen LogP contribution in [0.2, 0.25) is 0 Å². The summed E-state index contributed by atoms with van der Waals surface area (Å²) >= 11 is 0. The van der Waals surface area contributed by atoms with E-state index in [9.17, 15) is 10.4 Å². The molecule has 21 heavy (non-hydrogen) atoms. The van der Waals surface area contributed by atoms with Crippen molar-refractivity contribution < 1.29 is 5.11 Å². The Kier molecular flexibility index (Phi) is 2.87. The van der Waals surface area contributed by atoms with Crippen molar-refractivity contribution in [2.45, 2.75) is 43.9 Å². The molecule has 2 fully saturated rings. The highest BCUT2D eigenvalue weighted by molar-refractivity contribution is 5.98. The van der Waals surface area contributed by atoms with Gasteiger partial charge in [-0.1, -0.05) is 24.3 Å². The van der Waals surface area contributed by atoms with Gasteiger partial charge in [0, 0.05) is 28.5 Å². The number of nitrogens with zero attached hydrogens (tertiary/aromatic N) is 2. The zero-order chi connectivity index (χ0) is 14.4. The van der Waals surface area contributed by atoms with Crippen LogP contribution in [-0.2, 0) is 0 Å². The fourth-order valence-electron chi connectivity index (χ4n) is 4.15. The zero-order valence-electron chi connectivity index (χ0n) is 11.9. The predicted octanol–water partition coefficient (Wildman–Crippen LogP) is 3.20. The Hall–Kier alpha value is -2.05. The maximum atomic E-state index is 9.98. The maximum Gasteiger partial charge on any atom is 0.0998 e. The molecule has 2 aromatic rings. The number of aliphatic hydroxyl groups excluding tert-OH is 1. The smallest absolute Gasteiger partial charge is 0.0998 e. The van der Waals surface area contributed by atoms with Crippen LogP contribution in [0.1, 0.15) is 31.2 Å². The molecule has 2 aromatic carbocycles. The van der Waals surface area contributed by atoms with Gasteiger partial charge in [0.15, 0.2) is 0 Å². The predicted molar refractivity (Wildman–Crippen MR) is 83.2 cm³/mol. The van der Waals surface area contributed by atoms with Crippen molar-refractivity contribution in [1.29, 1.82) is 5.26 Å². The van der Waals surface area contributed by atoms with E-state index >= 15 is 0 Å². The van der Waals surface area contributed by atoms with Crippen molar-refractivity contribution in [3.8, 4) is 6.07 Å². The number of benzene rings is 2. The van der Waals surface area contributed by atoms with Crippen LogP contribution < -0.4 is 4.90 Å². The van der Waals surface area contributed by atoms with E-state index in [0.29, 0.717) is 12.1 Å². The lowest BCUT2D eigenvalue weighted by Crippen LogP contribution is -2.44. The molecule has 2 bridgehead atoms. The summed E-state index contributed by atoms with van der Waals surface area (Å²) in [5.74, 6) is 0. The van der Waals surface area contributed by atoms with E-state index in [0.717, 1.165) is 42.0 Å². The Balaban J connectivity index is 1.87. The fourth-order valence-corrected chi connectivity index (χ4v) is 4.15. The molecule has 1 unspecified atom stereocenters. The van der Waals surface area contributed by atoms with E-state index < -0.39 is 0 Å². The lowest BCUT2D eigenvalue weighted by atomic mass is 9.96. The van der Waals surface area contributed by atoms with Crippen LogP contribution in [-0.4, -0.2) is 23.3 Å². The van der Waals surface area contributed by atoms with Gasteiger partial charge in [-0.25, -0.2) is 0 Å². The fraction of sp³-hybridized carbons (Fsp3) is 0.389. The van der Waals surface area contributed by atoms with Gasteiger partial charge < -0.3 is 10.0 Å². The average molecular weight is 278 g/mol. The quantitative estimate of drug-likeness (QED) is 0.871. The number of piperidine rings is 1. The lowest BCUT2D eigenvalue weighted by Gasteiger charge is -2.39. The molecule has 106 valence electrons. The number of hydrogen-bond acceptors (Lipinski definition) is 3. The van der Waals surface area contributed by atoms with Crippen molar-refractivity contribution in [3.05, 3.63) is 42.0 Å². The number of hydrogen-bond donors (Lipinski definition) is 1. The second-order valence-corrected chi connectivity index (χ2v) is 6.21. The second-order valence-electron chi connectivity index (χ2n) is 6.21.